The van der Waals surface area contributed by atoms with Crippen molar-refractivity contribution in [3.05, 3.63) is 52.1 Å². The number of nitro groups is 1. The number of nitro benzene ring substituents is 1. The Bertz CT molecular complexity index is 960. The van der Waals surface area contributed by atoms with Gasteiger partial charge in [-0.25, -0.2) is 5.43 Å². The SMILES string of the molecule is CCOc1ccc(/C(C)=N\NC(=O)CNc2ccc3c(c2)OCO3)cc1[N+](=O)[O-]. The molecule has 0 radical (unpaired) electrons. The van der Waals surface area contributed by atoms with Gasteiger partial charge in [0.05, 0.1) is 23.8 Å². The number of fused-ring (bicyclic) bond motifs is 1. The Morgan fingerprint density at radius 2 is 2.03 bits per heavy atom. The van der Waals surface area contributed by atoms with E-state index in [2.05, 4.69) is 15.8 Å². The molecule has 1 amide bonds. The van der Waals surface area contributed by atoms with Gasteiger partial charge in [0.1, 0.15) is 0 Å². The van der Waals surface area contributed by atoms with E-state index in [4.69, 9.17) is 14.2 Å². The van der Waals surface area contributed by atoms with Crippen molar-refractivity contribution in [2.24, 2.45) is 5.10 Å². The van der Waals surface area contributed by atoms with Crippen LogP contribution in [0.4, 0.5) is 11.4 Å². The first-order valence-corrected chi connectivity index (χ1v) is 8.86. The summed E-state index contributed by atoms with van der Waals surface area (Å²) in [6.45, 7) is 3.87. The highest BCUT2D eigenvalue weighted by Crippen LogP contribution is 2.34. The van der Waals surface area contributed by atoms with Crippen molar-refractivity contribution in [3.63, 3.8) is 0 Å². The first-order chi connectivity index (χ1) is 14.0. The average Bonchev–Trinajstić information content (AvgIpc) is 3.18. The lowest BCUT2D eigenvalue weighted by Crippen LogP contribution is -2.26. The highest BCUT2D eigenvalue weighted by atomic mass is 16.7. The number of hydrogen-bond acceptors (Lipinski definition) is 8. The summed E-state index contributed by atoms with van der Waals surface area (Å²) in [5.41, 5.74) is 3.89. The van der Waals surface area contributed by atoms with Crippen molar-refractivity contribution in [1.29, 1.82) is 0 Å². The van der Waals surface area contributed by atoms with Crippen LogP contribution < -0.4 is 25.0 Å². The zero-order valence-corrected chi connectivity index (χ0v) is 15.9. The van der Waals surface area contributed by atoms with Gasteiger partial charge in [-0.15, -0.1) is 0 Å². The third kappa shape index (κ3) is 4.92. The van der Waals surface area contributed by atoms with Crippen molar-refractivity contribution in [1.82, 2.24) is 5.43 Å². The number of carbonyl (C=O) groups excluding carboxylic acids is 1. The molecule has 10 nitrogen and oxygen atoms in total. The third-order valence-corrected chi connectivity index (χ3v) is 4.05. The number of benzene rings is 2. The molecule has 0 aromatic heterocycles. The molecular weight excluding hydrogens is 380 g/mol. The summed E-state index contributed by atoms with van der Waals surface area (Å²) >= 11 is 0. The van der Waals surface area contributed by atoms with Gasteiger partial charge in [0.2, 0.25) is 6.79 Å². The van der Waals surface area contributed by atoms with Crippen molar-refractivity contribution < 1.29 is 23.9 Å². The van der Waals surface area contributed by atoms with Gasteiger partial charge in [0, 0.05) is 23.4 Å². The number of ether oxygens (including phenoxy) is 3. The van der Waals surface area contributed by atoms with Crippen molar-refractivity contribution >= 4 is 23.0 Å². The Balaban J connectivity index is 1.59. The Labute approximate surface area is 166 Å². The maximum absolute atomic E-state index is 12.0. The lowest BCUT2D eigenvalue weighted by atomic mass is 10.1. The second-order valence-corrected chi connectivity index (χ2v) is 6.03. The topological polar surface area (TPSA) is 124 Å². The third-order valence-electron chi connectivity index (χ3n) is 4.05. The van der Waals surface area contributed by atoms with Crippen molar-refractivity contribution in [3.8, 4) is 17.2 Å². The van der Waals surface area contributed by atoms with Crippen LogP contribution in [0.5, 0.6) is 17.2 Å². The molecule has 0 atom stereocenters. The van der Waals surface area contributed by atoms with Crippen LogP contribution in [0.25, 0.3) is 0 Å². The van der Waals surface area contributed by atoms with Gasteiger partial charge in [0.15, 0.2) is 17.2 Å². The number of nitrogens with zero attached hydrogens (tertiary/aromatic N) is 2. The van der Waals surface area contributed by atoms with Crippen LogP contribution in [-0.2, 0) is 4.79 Å². The summed E-state index contributed by atoms with van der Waals surface area (Å²) in [7, 11) is 0. The van der Waals surface area contributed by atoms with Crippen LogP contribution in [0.15, 0.2) is 41.5 Å². The van der Waals surface area contributed by atoms with Crippen LogP contribution in [0.3, 0.4) is 0 Å². The molecule has 1 heterocycles. The highest BCUT2D eigenvalue weighted by Gasteiger charge is 2.17. The molecule has 0 saturated carbocycles. The minimum absolute atomic E-state index is 0.0140. The monoisotopic (exact) mass is 400 g/mol. The molecule has 152 valence electrons. The zero-order chi connectivity index (χ0) is 20.8. The molecule has 0 bridgehead atoms. The first kappa shape index (κ1) is 19.9. The van der Waals surface area contributed by atoms with E-state index in [1.807, 2.05) is 0 Å². The number of hydrogen-bond donors (Lipinski definition) is 2. The molecular formula is C19H20N4O6. The first-order valence-electron chi connectivity index (χ1n) is 8.86. The molecule has 2 aromatic rings. The van der Waals surface area contributed by atoms with Crippen LogP contribution in [0.2, 0.25) is 0 Å². The fourth-order valence-corrected chi connectivity index (χ4v) is 2.60. The van der Waals surface area contributed by atoms with Crippen molar-refractivity contribution in [2.75, 3.05) is 25.3 Å². The maximum Gasteiger partial charge on any atom is 0.311 e. The molecule has 0 fully saturated rings. The minimum atomic E-state index is -0.518. The molecule has 1 aliphatic heterocycles. The number of nitrogens with one attached hydrogen (secondary N) is 2. The smallest absolute Gasteiger partial charge is 0.311 e. The van der Waals surface area contributed by atoms with Gasteiger partial charge in [-0.2, -0.15) is 5.10 Å². The van der Waals surface area contributed by atoms with E-state index in [1.165, 1.54) is 12.1 Å². The van der Waals surface area contributed by atoms with Gasteiger partial charge >= 0.3 is 5.69 Å². The van der Waals surface area contributed by atoms with Gasteiger partial charge in [0.25, 0.3) is 5.91 Å². The van der Waals surface area contributed by atoms with Crippen molar-refractivity contribution in [2.45, 2.75) is 13.8 Å². The van der Waals surface area contributed by atoms with E-state index in [9.17, 15) is 14.9 Å². The summed E-state index contributed by atoms with van der Waals surface area (Å²) < 4.78 is 15.8. The summed E-state index contributed by atoms with van der Waals surface area (Å²) in [5.74, 6) is 1.08. The molecule has 2 aromatic carbocycles. The average molecular weight is 400 g/mol. The van der Waals surface area contributed by atoms with E-state index in [1.54, 1.807) is 38.1 Å². The molecule has 29 heavy (non-hydrogen) atoms. The molecule has 10 heteroatoms. The van der Waals surface area contributed by atoms with E-state index < -0.39 is 4.92 Å². The lowest BCUT2D eigenvalue weighted by Gasteiger charge is -2.08. The van der Waals surface area contributed by atoms with Gasteiger partial charge in [-0.05, 0) is 38.1 Å². The van der Waals surface area contributed by atoms with E-state index in [0.29, 0.717) is 35.1 Å². The predicted octanol–water partition coefficient (Wildman–Crippen LogP) is 2.67. The molecule has 3 rings (SSSR count). The van der Waals surface area contributed by atoms with Crippen LogP contribution in [-0.4, -0.2) is 36.5 Å². The van der Waals surface area contributed by atoms with E-state index in [0.717, 1.165) is 0 Å². The summed E-state index contributed by atoms with van der Waals surface area (Å²) in [5, 5.41) is 18.2. The van der Waals surface area contributed by atoms with Gasteiger partial charge < -0.3 is 19.5 Å². The largest absolute Gasteiger partial charge is 0.487 e. The Kier molecular flexibility index (Phi) is 6.12. The second kappa shape index (κ2) is 8.91. The summed E-state index contributed by atoms with van der Waals surface area (Å²) in [4.78, 5) is 22.7. The van der Waals surface area contributed by atoms with Crippen LogP contribution in [0, 0.1) is 10.1 Å². The number of rotatable bonds is 8. The number of hydrazone groups is 1. The zero-order valence-electron chi connectivity index (χ0n) is 15.9. The molecule has 0 unspecified atom stereocenters. The second-order valence-electron chi connectivity index (χ2n) is 6.03. The summed E-state index contributed by atoms with van der Waals surface area (Å²) in [6, 6.07) is 9.79. The van der Waals surface area contributed by atoms with Crippen LogP contribution >= 0.6 is 0 Å². The maximum atomic E-state index is 12.0. The molecule has 1 aliphatic rings. The lowest BCUT2D eigenvalue weighted by molar-refractivity contribution is -0.385. The highest BCUT2D eigenvalue weighted by molar-refractivity contribution is 6.00. The minimum Gasteiger partial charge on any atom is -0.487 e. The summed E-state index contributed by atoms with van der Waals surface area (Å²) in [6.07, 6.45) is 0. The molecule has 0 spiro atoms. The number of carbonyl (C=O) groups is 1. The van der Waals surface area contributed by atoms with Gasteiger partial charge in [-0.1, -0.05) is 0 Å². The quantitative estimate of drug-likeness (QED) is 0.396. The molecule has 0 saturated heterocycles. The standard InChI is InChI=1S/C19H20N4O6/c1-3-27-16-6-4-13(8-15(16)23(25)26)12(2)21-22-19(24)10-20-14-5-7-17-18(9-14)29-11-28-17/h4-9,20H,3,10-11H2,1-2H3,(H,22,24)/b21-12-. The Hall–Kier alpha value is -3.82. The Morgan fingerprint density at radius 1 is 1.24 bits per heavy atom. The predicted molar refractivity (Wildman–Crippen MR) is 106 cm³/mol. The normalized spacial score (nSPS) is 12.4. The fourth-order valence-electron chi connectivity index (χ4n) is 2.60. The molecule has 0 aliphatic carbocycles. The number of anilines is 1. The van der Waals surface area contributed by atoms with Crippen LogP contribution in [0.1, 0.15) is 19.4 Å². The fraction of sp³-hybridized carbons (Fsp3) is 0.263. The van der Waals surface area contributed by atoms with E-state index >= 15 is 0 Å². The van der Waals surface area contributed by atoms with E-state index in [-0.39, 0.29) is 30.7 Å². The molecule has 2 N–H and O–H groups in total. The Morgan fingerprint density at radius 3 is 2.79 bits per heavy atom. The number of amides is 1. The van der Waals surface area contributed by atoms with Gasteiger partial charge in [-0.3, -0.25) is 14.9 Å².